The molecule has 0 bridgehead atoms. The smallest absolute Gasteiger partial charge is 0.337 e. The highest BCUT2D eigenvalue weighted by Crippen LogP contribution is 2.38. The number of benzene rings is 2. The van der Waals surface area contributed by atoms with Crippen molar-refractivity contribution >= 4 is 35.1 Å². The highest BCUT2D eigenvalue weighted by molar-refractivity contribution is 6.35. The Morgan fingerprint density at radius 3 is 2.54 bits per heavy atom. The van der Waals surface area contributed by atoms with Gasteiger partial charge in [-0.25, -0.2) is 9.78 Å². The van der Waals surface area contributed by atoms with Crippen LogP contribution in [0.1, 0.15) is 45.5 Å². The molecule has 186 valence electrons. The van der Waals surface area contributed by atoms with Crippen molar-refractivity contribution in [3.05, 3.63) is 95.3 Å². The van der Waals surface area contributed by atoms with Gasteiger partial charge < -0.3 is 25.3 Å². The maximum Gasteiger partial charge on any atom is 0.337 e. The van der Waals surface area contributed by atoms with Gasteiger partial charge in [0.25, 0.3) is 5.91 Å². The molecule has 9 heteroatoms. The molecular weight excluding hydrogens is 470 g/mol. The molecule has 0 saturated carbocycles. The van der Waals surface area contributed by atoms with Crippen LogP contribution in [0.3, 0.4) is 0 Å². The van der Waals surface area contributed by atoms with E-state index in [2.05, 4.69) is 10.3 Å². The molecule has 4 N–H and O–H groups in total. The van der Waals surface area contributed by atoms with Crippen LogP contribution >= 0.6 is 0 Å². The van der Waals surface area contributed by atoms with Crippen LogP contribution in [0.5, 0.6) is 0 Å². The normalized spacial score (nSPS) is 14.4. The minimum absolute atomic E-state index is 0.0935. The zero-order chi connectivity index (χ0) is 26.3. The maximum atomic E-state index is 13.1. The Morgan fingerprint density at radius 1 is 1.14 bits per heavy atom. The van der Waals surface area contributed by atoms with Crippen molar-refractivity contribution in [3.8, 4) is 11.1 Å². The fraction of sp³-hybridized carbons (Fsp3) is 0.143. The lowest BCUT2D eigenvalue weighted by atomic mass is 9.99. The number of carboxylic acids is 1. The van der Waals surface area contributed by atoms with Crippen LogP contribution in [0.15, 0.2) is 67.3 Å². The van der Waals surface area contributed by atoms with E-state index in [0.717, 1.165) is 11.1 Å². The highest BCUT2D eigenvalue weighted by atomic mass is 16.4. The van der Waals surface area contributed by atoms with Crippen LogP contribution in [-0.4, -0.2) is 37.0 Å². The number of nitrogens with two attached hydrogens (primary N) is 1. The lowest BCUT2D eigenvalue weighted by Gasteiger charge is -2.23. The second kappa shape index (κ2) is 9.27. The zero-order valence-electron chi connectivity index (χ0n) is 20.3. The number of aromatic carboxylic acids is 1. The third-order valence-corrected chi connectivity index (χ3v) is 6.70. The summed E-state index contributed by atoms with van der Waals surface area (Å²) < 4.78 is 3.43. The van der Waals surface area contributed by atoms with Crippen LogP contribution in [0.25, 0.3) is 22.8 Å². The van der Waals surface area contributed by atoms with Gasteiger partial charge in [0.2, 0.25) is 5.91 Å². The van der Waals surface area contributed by atoms with E-state index in [-0.39, 0.29) is 17.9 Å². The van der Waals surface area contributed by atoms with Crippen LogP contribution in [0.4, 0.5) is 5.69 Å². The summed E-state index contributed by atoms with van der Waals surface area (Å²) >= 11 is 0. The number of nitrogens with one attached hydrogen (secondary N) is 1. The molecule has 1 atom stereocenters. The number of carboxylic acid groups (broad SMARTS) is 1. The van der Waals surface area contributed by atoms with E-state index in [4.69, 9.17) is 5.73 Å². The molecule has 0 saturated heterocycles. The van der Waals surface area contributed by atoms with E-state index >= 15 is 0 Å². The molecule has 0 fully saturated rings. The first-order chi connectivity index (χ1) is 17.8. The summed E-state index contributed by atoms with van der Waals surface area (Å²) in [5.41, 5.74) is 10.9. The predicted molar refractivity (Wildman–Crippen MR) is 140 cm³/mol. The van der Waals surface area contributed by atoms with Gasteiger partial charge in [0, 0.05) is 35.0 Å². The Balaban J connectivity index is 1.68. The first-order valence-corrected chi connectivity index (χ1v) is 11.7. The summed E-state index contributed by atoms with van der Waals surface area (Å²) in [4.78, 5) is 41.4. The Hall–Kier alpha value is -4.92. The van der Waals surface area contributed by atoms with Crippen molar-refractivity contribution in [2.75, 3.05) is 5.32 Å². The number of imidazole rings is 1. The standard InChI is InChI=1S/C28H25N5O4/c1-16-23(33(17(2)26(16)28(36)37)25(14-24(29)34)32-11-10-30-15-32)13-21-20-9-8-19(12-22(20)31-27(21)35)18-6-4-3-5-7-18/h3-13,15,25H,14H2,1-2H3,(H2,29,34)(H,31,35)(H,36,37). The van der Waals surface area contributed by atoms with Gasteiger partial charge in [-0.2, -0.15) is 0 Å². The molecule has 1 aliphatic heterocycles. The van der Waals surface area contributed by atoms with Gasteiger partial charge in [-0.1, -0.05) is 42.5 Å². The number of carbonyl (C=O) groups excluding carboxylic acids is 2. The summed E-state index contributed by atoms with van der Waals surface area (Å²) in [6.07, 6.45) is 5.72. The Kier molecular flexibility index (Phi) is 5.96. The average Bonchev–Trinajstić information content (AvgIpc) is 3.56. The monoisotopic (exact) mass is 495 g/mol. The lowest BCUT2D eigenvalue weighted by Crippen LogP contribution is -2.26. The minimum Gasteiger partial charge on any atom is -0.478 e. The van der Waals surface area contributed by atoms with Crippen LogP contribution in [-0.2, 0) is 9.59 Å². The first kappa shape index (κ1) is 23.8. The maximum absolute atomic E-state index is 13.1. The van der Waals surface area contributed by atoms with Gasteiger partial charge in [-0.3, -0.25) is 9.59 Å². The number of rotatable bonds is 7. The number of fused-ring (bicyclic) bond motifs is 1. The van der Waals surface area contributed by atoms with Crippen molar-refractivity contribution in [1.29, 1.82) is 0 Å². The minimum atomic E-state index is -1.10. The molecule has 3 heterocycles. The molecular formula is C28H25N5O4. The average molecular weight is 496 g/mol. The lowest BCUT2D eigenvalue weighted by molar-refractivity contribution is -0.119. The fourth-order valence-corrected chi connectivity index (χ4v) is 5.00. The first-order valence-electron chi connectivity index (χ1n) is 11.7. The van der Waals surface area contributed by atoms with E-state index in [9.17, 15) is 19.5 Å². The second-order valence-corrected chi connectivity index (χ2v) is 8.95. The molecule has 2 amide bonds. The van der Waals surface area contributed by atoms with E-state index in [1.165, 1.54) is 0 Å². The molecule has 5 rings (SSSR count). The molecule has 37 heavy (non-hydrogen) atoms. The van der Waals surface area contributed by atoms with Gasteiger partial charge >= 0.3 is 5.97 Å². The highest BCUT2D eigenvalue weighted by Gasteiger charge is 2.30. The summed E-state index contributed by atoms with van der Waals surface area (Å²) in [5, 5.41) is 12.9. The third-order valence-electron chi connectivity index (χ3n) is 6.70. The SMILES string of the molecule is Cc1c(C(=O)O)c(C)n(C(CC(N)=O)n2ccnc2)c1C=C1C(=O)Nc2cc(-c3ccccc3)ccc21. The van der Waals surface area contributed by atoms with Gasteiger partial charge in [-0.15, -0.1) is 0 Å². The molecule has 9 nitrogen and oxygen atoms in total. The van der Waals surface area contributed by atoms with Crippen LogP contribution < -0.4 is 11.1 Å². The van der Waals surface area contributed by atoms with Crippen molar-refractivity contribution in [3.63, 3.8) is 0 Å². The number of aromatic nitrogens is 3. The zero-order valence-corrected chi connectivity index (χ0v) is 20.3. The van der Waals surface area contributed by atoms with E-state index < -0.39 is 18.0 Å². The van der Waals surface area contributed by atoms with E-state index in [1.54, 1.807) is 47.8 Å². The van der Waals surface area contributed by atoms with Crippen LogP contribution in [0, 0.1) is 13.8 Å². The molecule has 2 aromatic carbocycles. The molecule has 1 unspecified atom stereocenters. The number of carbonyl (C=O) groups is 3. The van der Waals surface area contributed by atoms with Crippen molar-refractivity contribution < 1.29 is 19.5 Å². The number of hydrogen-bond donors (Lipinski definition) is 3. The van der Waals surface area contributed by atoms with Crippen molar-refractivity contribution in [2.45, 2.75) is 26.4 Å². The van der Waals surface area contributed by atoms with Gasteiger partial charge in [-0.05, 0) is 42.7 Å². The van der Waals surface area contributed by atoms with Gasteiger partial charge in [0.15, 0.2) is 0 Å². The molecule has 0 aliphatic carbocycles. The third kappa shape index (κ3) is 4.20. The van der Waals surface area contributed by atoms with Crippen molar-refractivity contribution in [2.24, 2.45) is 5.73 Å². The Labute approximate surface area is 212 Å². The molecule has 4 aromatic rings. The summed E-state index contributed by atoms with van der Waals surface area (Å²) in [6, 6.07) is 15.6. The van der Waals surface area contributed by atoms with Crippen LogP contribution in [0.2, 0.25) is 0 Å². The molecule has 1 aliphatic rings. The molecule has 0 radical (unpaired) electrons. The number of amides is 2. The number of primary amides is 1. The summed E-state index contributed by atoms with van der Waals surface area (Å²) in [5.74, 6) is -1.95. The van der Waals surface area contributed by atoms with Gasteiger partial charge in [0.1, 0.15) is 6.17 Å². The largest absolute Gasteiger partial charge is 0.478 e. The summed E-state index contributed by atoms with van der Waals surface area (Å²) in [7, 11) is 0. The quantitative estimate of drug-likeness (QED) is 0.332. The summed E-state index contributed by atoms with van der Waals surface area (Å²) in [6.45, 7) is 3.37. The van der Waals surface area contributed by atoms with E-state index in [1.807, 2.05) is 48.5 Å². The van der Waals surface area contributed by atoms with Crippen molar-refractivity contribution in [1.82, 2.24) is 14.1 Å². The molecule has 2 aromatic heterocycles. The fourth-order valence-electron chi connectivity index (χ4n) is 5.00. The Bertz CT molecular complexity index is 1570. The number of anilines is 1. The predicted octanol–water partition coefficient (Wildman–Crippen LogP) is 4.08. The van der Waals surface area contributed by atoms with Gasteiger partial charge in [0.05, 0.1) is 23.9 Å². The molecule has 0 spiro atoms. The Morgan fingerprint density at radius 2 is 1.89 bits per heavy atom. The van der Waals surface area contributed by atoms with E-state index in [0.29, 0.717) is 33.8 Å². The topological polar surface area (TPSA) is 132 Å². The number of hydrogen-bond acceptors (Lipinski definition) is 4. The number of nitrogens with zero attached hydrogens (tertiary/aromatic N) is 3. The second-order valence-electron chi connectivity index (χ2n) is 8.95.